The molecule has 0 aliphatic carbocycles. The molecular weight excluding hydrogens is 180 g/mol. The van der Waals surface area contributed by atoms with Crippen LogP contribution in [0.5, 0.6) is 0 Å². The van der Waals surface area contributed by atoms with E-state index in [1.807, 2.05) is 0 Å². The minimum atomic E-state index is -4.01. The van der Waals surface area contributed by atoms with Crippen molar-refractivity contribution in [1.82, 2.24) is 0 Å². The molecule has 0 radical (unpaired) electrons. The summed E-state index contributed by atoms with van der Waals surface area (Å²) < 4.78 is 21.1. The summed E-state index contributed by atoms with van der Waals surface area (Å²) in [4.78, 5) is 3.24. The molecule has 0 amide bonds. The topological polar surface area (TPSA) is 97.2 Å². The van der Waals surface area contributed by atoms with Crippen molar-refractivity contribution in [3.05, 3.63) is 0 Å². The molecule has 1 unspecified atom stereocenters. The van der Waals surface area contributed by atoms with E-state index in [0.717, 1.165) is 6.34 Å². The zero-order chi connectivity index (χ0) is 7.83. The Morgan fingerprint density at radius 3 is 2.40 bits per heavy atom. The molecule has 1 rings (SSSR count). The third-order valence-corrected chi connectivity index (χ3v) is 2.44. The van der Waals surface area contributed by atoms with Crippen molar-refractivity contribution in [3.63, 3.8) is 0 Å². The molecule has 1 aliphatic heterocycles. The number of halogens is 1. The SMILES string of the molecule is NC1(S(=O)(=O)Cl)N=CN=N1. The van der Waals surface area contributed by atoms with Crippen LogP contribution in [0.2, 0.25) is 0 Å². The predicted octanol–water partition coefficient (Wildman–Crippen LogP) is -0.381. The summed E-state index contributed by atoms with van der Waals surface area (Å²) in [6.45, 7) is 0. The molecule has 0 spiro atoms. The Hall–Kier alpha value is -0.530. The fourth-order valence-corrected chi connectivity index (χ4v) is 0.884. The van der Waals surface area contributed by atoms with Crippen molar-refractivity contribution in [1.29, 1.82) is 0 Å². The highest BCUT2D eigenvalue weighted by Gasteiger charge is 2.40. The summed E-state index contributed by atoms with van der Waals surface area (Å²) in [5.74, 6) is 0. The standard InChI is InChI=1S/C2H3ClN4O2S/c3-10(8,9)2(4)5-1-6-7-2/h1H,4H2. The van der Waals surface area contributed by atoms with Gasteiger partial charge in [0.05, 0.1) is 0 Å². The maximum Gasteiger partial charge on any atom is 0.341 e. The van der Waals surface area contributed by atoms with Crippen molar-refractivity contribution in [2.75, 3.05) is 0 Å². The van der Waals surface area contributed by atoms with E-state index in [-0.39, 0.29) is 0 Å². The first-order chi connectivity index (χ1) is 4.46. The molecule has 0 aromatic rings. The highest BCUT2D eigenvalue weighted by atomic mass is 35.7. The Balaban J connectivity index is 3.14. The van der Waals surface area contributed by atoms with Crippen LogP contribution in [0.15, 0.2) is 15.2 Å². The Kier molecular flexibility index (Phi) is 1.50. The van der Waals surface area contributed by atoms with Crippen LogP contribution >= 0.6 is 10.7 Å². The molecule has 2 N–H and O–H groups in total. The van der Waals surface area contributed by atoms with E-state index in [4.69, 9.17) is 16.4 Å². The fourth-order valence-electron chi connectivity index (χ4n) is 0.355. The lowest BCUT2D eigenvalue weighted by molar-refractivity contribution is 0.549. The van der Waals surface area contributed by atoms with E-state index in [2.05, 4.69) is 15.2 Å². The van der Waals surface area contributed by atoms with Gasteiger partial charge in [-0.05, 0) is 0 Å². The van der Waals surface area contributed by atoms with Crippen LogP contribution in [-0.4, -0.2) is 19.9 Å². The van der Waals surface area contributed by atoms with Gasteiger partial charge in [-0.1, -0.05) is 0 Å². The minimum absolute atomic E-state index is 0.930. The Labute approximate surface area is 61.2 Å². The molecule has 1 aliphatic rings. The smallest absolute Gasteiger partial charge is 0.272 e. The zero-order valence-corrected chi connectivity index (χ0v) is 6.17. The first-order valence-corrected chi connectivity index (χ1v) is 4.45. The average Bonchev–Trinajstić information content (AvgIpc) is 2.13. The molecule has 1 atom stereocenters. The van der Waals surface area contributed by atoms with Gasteiger partial charge < -0.3 is 0 Å². The van der Waals surface area contributed by atoms with Crippen molar-refractivity contribution < 1.29 is 8.42 Å². The summed E-state index contributed by atoms with van der Waals surface area (Å²) >= 11 is 0. The molecule has 1 heterocycles. The van der Waals surface area contributed by atoms with Gasteiger partial charge in [0, 0.05) is 10.7 Å². The van der Waals surface area contributed by atoms with Crippen LogP contribution in [0.4, 0.5) is 0 Å². The number of azo groups is 1. The van der Waals surface area contributed by atoms with Crippen LogP contribution in [-0.2, 0) is 9.05 Å². The van der Waals surface area contributed by atoms with Crippen LogP contribution in [0.25, 0.3) is 0 Å². The second-order valence-corrected chi connectivity index (χ2v) is 4.25. The number of nitrogens with zero attached hydrogens (tertiary/aromatic N) is 3. The quantitative estimate of drug-likeness (QED) is 0.560. The molecule has 0 bridgehead atoms. The van der Waals surface area contributed by atoms with E-state index in [0.29, 0.717) is 0 Å². The van der Waals surface area contributed by atoms with Gasteiger partial charge >= 0.3 is 5.12 Å². The normalized spacial score (nSPS) is 31.4. The molecule has 6 nitrogen and oxygen atoms in total. The van der Waals surface area contributed by atoms with Gasteiger partial charge in [0.15, 0.2) is 0 Å². The predicted molar refractivity (Wildman–Crippen MR) is 35.0 cm³/mol. The number of hydrogen-bond acceptors (Lipinski definition) is 6. The summed E-state index contributed by atoms with van der Waals surface area (Å²) in [6, 6.07) is 0. The average molecular weight is 183 g/mol. The molecule has 0 aromatic carbocycles. The van der Waals surface area contributed by atoms with E-state index >= 15 is 0 Å². The monoisotopic (exact) mass is 182 g/mol. The van der Waals surface area contributed by atoms with Gasteiger partial charge in [-0.2, -0.15) is 0 Å². The van der Waals surface area contributed by atoms with E-state index < -0.39 is 14.2 Å². The highest BCUT2D eigenvalue weighted by molar-refractivity contribution is 8.14. The third kappa shape index (κ3) is 1.02. The molecular formula is C2H3ClN4O2S. The third-order valence-electron chi connectivity index (χ3n) is 0.854. The van der Waals surface area contributed by atoms with Crippen LogP contribution in [0.1, 0.15) is 0 Å². The molecule has 0 saturated carbocycles. The van der Waals surface area contributed by atoms with Gasteiger partial charge in [0.1, 0.15) is 6.34 Å². The number of nitrogens with two attached hydrogens (primary N) is 1. The van der Waals surface area contributed by atoms with Crippen LogP contribution < -0.4 is 5.73 Å². The molecule has 0 saturated heterocycles. The Morgan fingerprint density at radius 1 is 1.60 bits per heavy atom. The maximum absolute atomic E-state index is 10.5. The van der Waals surface area contributed by atoms with Gasteiger partial charge in [-0.3, -0.25) is 5.73 Å². The number of aliphatic imine (C=N–C) groups is 1. The molecule has 56 valence electrons. The molecule has 0 aromatic heterocycles. The Bertz CT molecular complexity index is 280. The van der Waals surface area contributed by atoms with Crippen LogP contribution in [0, 0.1) is 0 Å². The first-order valence-electron chi connectivity index (χ1n) is 2.14. The summed E-state index contributed by atoms with van der Waals surface area (Å²) in [7, 11) is 0.850. The summed E-state index contributed by atoms with van der Waals surface area (Å²) in [6.07, 6.45) is 0.930. The van der Waals surface area contributed by atoms with Gasteiger partial charge in [0.2, 0.25) is 0 Å². The van der Waals surface area contributed by atoms with Crippen molar-refractivity contribution in [2.45, 2.75) is 5.12 Å². The first kappa shape index (κ1) is 7.58. The largest absolute Gasteiger partial charge is 0.341 e. The summed E-state index contributed by atoms with van der Waals surface area (Å²) in [5.41, 5.74) is 5.06. The van der Waals surface area contributed by atoms with Crippen molar-refractivity contribution in [3.8, 4) is 0 Å². The number of rotatable bonds is 1. The minimum Gasteiger partial charge on any atom is -0.272 e. The van der Waals surface area contributed by atoms with E-state index in [9.17, 15) is 8.42 Å². The maximum atomic E-state index is 10.5. The molecule has 8 heteroatoms. The number of hydrogen-bond donors (Lipinski definition) is 1. The second-order valence-electron chi connectivity index (χ2n) is 1.56. The zero-order valence-electron chi connectivity index (χ0n) is 4.60. The van der Waals surface area contributed by atoms with E-state index in [1.165, 1.54) is 0 Å². The summed E-state index contributed by atoms with van der Waals surface area (Å²) in [5, 5.41) is 4.14. The molecule has 0 fully saturated rings. The van der Waals surface area contributed by atoms with Crippen molar-refractivity contribution >= 4 is 26.1 Å². The second kappa shape index (κ2) is 1.97. The van der Waals surface area contributed by atoms with Crippen molar-refractivity contribution in [2.24, 2.45) is 21.0 Å². The van der Waals surface area contributed by atoms with E-state index in [1.54, 1.807) is 0 Å². The molecule has 10 heavy (non-hydrogen) atoms. The van der Waals surface area contributed by atoms with Gasteiger partial charge in [-0.25, -0.2) is 13.4 Å². The fraction of sp³-hybridized carbons (Fsp3) is 0.500. The lowest BCUT2D eigenvalue weighted by Gasteiger charge is -2.08. The van der Waals surface area contributed by atoms with Crippen LogP contribution in [0.3, 0.4) is 0 Å². The van der Waals surface area contributed by atoms with Gasteiger partial charge in [-0.15, -0.1) is 10.2 Å². The lowest BCUT2D eigenvalue weighted by atomic mass is 10.9. The Morgan fingerprint density at radius 2 is 2.20 bits per heavy atom. The lowest BCUT2D eigenvalue weighted by Crippen LogP contribution is -2.39. The van der Waals surface area contributed by atoms with Gasteiger partial charge in [0.25, 0.3) is 9.05 Å². The highest BCUT2D eigenvalue weighted by Crippen LogP contribution is 2.21.